The Bertz CT molecular complexity index is 439. The fraction of sp³-hybridized carbons (Fsp3) is 0.462. The van der Waals surface area contributed by atoms with Crippen molar-refractivity contribution in [1.82, 2.24) is 5.32 Å². The van der Waals surface area contributed by atoms with Crippen molar-refractivity contribution in [2.75, 3.05) is 18.4 Å². The first-order chi connectivity index (χ1) is 8.65. The van der Waals surface area contributed by atoms with E-state index in [1.807, 2.05) is 0 Å². The first kappa shape index (κ1) is 16.4. The van der Waals surface area contributed by atoms with E-state index in [9.17, 15) is 9.18 Å². The first-order valence-electron chi connectivity index (χ1n) is 6.11. The summed E-state index contributed by atoms with van der Waals surface area (Å²) in [5, 5.41) is 5.99. The van der Waals surface area contributed by atoms with Crippen LogP contribution < -0.4 is 10.6 Å². The third kappa shape index (κ3) is 5.09. The molecule has 2 N–H and O–H groups in total. The van der Waals surface area contributed by atoms with Crippen LogP contribution in [0.1, 0.15) is 19.3 Å². The highest BCUT2D eigenvalue weighted by Gasteiger charge is 2.15. The summed E-state index contributed by atoms with van der Waals surface area (Å²) in [5.74, 6) is 0.175. The summed E-state index contributed by atoms with van der Waals surface area (Å²) < 4.78 is 13.7. The average molecular weight is 352 g/mol. The quantitative estimate of drug-likeness (QED) is 0.873. The summed E-state index contributed by atoms with van der Waals surface area (Å²) in [7, 11) is 0. The van der Waals surface area contributed by atoms with E-state index >= 15 is 0 Å². The molecule has 0 aromatic heterocycles. The van der Waals surface area contributed by atoms with Crippen LogP contribution in [0.3, 0.4) is 0 Å². The maximum absolute atomic E-state index is 13.3. The van der Waals surface area contributed by atoms with Crippen LogP contribution in [-0.4, -0.2) is 19.0 Å². The Balaban J connectivity index is 0.00000180. The van der Waals surface area contributed by atoms with Gasteiger partial charge < -0.3 is 10.6 Å². The second kappa shape index (κ2) is 7.82. The highest BCUT2D eigenvalue weighted by Crippen LogP contribution is 2.20. The Morgan fingerprint density at radius 1 is 1.53 bits per heavy atom. The monoisotopic (exact) mass is 350 g/mol. The van der Waals surface area contributed by atoms with Crippen LogP contribution in [0.4, 0.5) is 10.1 Å². The highest BCUT2D eigenvalue weighted by molar-refractivity contribution is 9.10. The van der Waals surface area contributed by atoms with Crippen LogP contribution in [-0.2, 0) is 4.79 Å². The number of carbonyl (C=O) groups excluding carboxylic acids is 1. The zero-order valence-electron chi connectivity index (χ0n) is 10.4. The minimum absolute atomic E-state index is 0. The van der Waals surface area contributed by atoms with Crippen LogP contribution in [0.2, 0.25) is 0 Å². The fourth-order valence-electron chi connectivity index (χ4n) is 2.09. The van der Waals surface area contributed by atoms with Gasteiger partial charge >= 0.3 is 0 Å². The van der Waals surface area contributed by atoms with E-state index in [4.69, 9.17) is 0 Å². The molecule has 1 saturated heterocycles. The lowest BCUT2D eigenvalue weighted by Crippen LogP contribution is -2.15. The molecule has 0 aliphatic carbocycles. The van der Waals surface area contributed by atoms with E-state index in [-0.39, 0.29) is 24.1 Å². The summed E-state index contributed by atoms with van der Waals surface area (Å²) in [4.78, 5) is 11.7. The number of amides is 1. The smallest absolute Gasteiger partial charge is 0.224 e. The van der Waals surface area contributed by atoms with Gasteiger partial charge in [-0.2, -0.15) is 0 Å². The van der Waals surface area contributed by atoms with Gasteiger partial charge in [-0.15, -0.1) is 12.4 Å². The third-order valence-electron chi connectivity index (χ3n) is 3.15. The first-order valence-corrected chi connectivity index (χ1v) is 6.90. The zero-order chi connectivity index (χ0) is 13.0. The van der Waals surface area contributed by atoms with Crippen LogP contribution in [0.5, 0.6) is 0 Å². The third-order valence-corrected chi connectivity index (χ3v) is 3.79. The largest absolute Gasteiger partial charge is 0.326 e. The molecule has 1 atom stereocenters. The molecule has 3 nitrogen and oxygen atoms in total. The Morgan fingerprint density at radius 2 is 2.32 bits per heavy atom. The minimum Gasteiger partial charge on any atom is -0.326 e. The molecule has 1 aliphatic heterocycles. The number of rotatable bonds is 4. The maximum Gasteiger partial charge on any atom is 0.224 e. The highest BCUT2D eigenvalue weighted by atomic mass is 79.9. The van der Waals surface area contributed by atoms with Crippen molar-refractivity contribution in [2.45, 2.75) is 19.3 Å². The molecule has 106 valence electrons. The van der Waals surface area contributed by atoms with Crippen molar-refractivity contribution in [3.05, 3.63) is 28.5 Å². The van der Waals surface area contributed by atoms with E-state index in [0.29, 0.717) is 22.5 Å². The van der Waals surface area contributed by atoms with E-state index < -0.39 is 0 Å². The van der Waals surface area contributed by atoms with Crippen molar-refractivity contribution in [3.63, 3.8) is 0 Å². The van der Waals surface area contributed by atoms with Crippen molar-refractivity contribution < 1.29 is 9.18 Å². The molecule has 0 saturated carbocycles. The Hall–Kier alpha value is -0.650. The summed E-state index contributed by atoms with van der Waals surface area (Å²) >= 11 is 3.08. The molecule has 6 heteroatoms. The van der Waals surface area contributed by atoms with Gasteiger partial charge in [0.1, 0.15) is 5.82 Å². The van der Waals surface area contributed by atoms with Gasteiger partial charge in [0, 0.05) is 12.1 Å². The molecule has 19 heavy (non-hydrogen) atoms. The Kier molecular flexibility index (Phi) is 6.75. The van der Waals surface area contributed by atoms with Gasteiger partial charge in [-0.3, -0.25) is 4.79 Å². The molecule has 1 amide bonds. The predicted molar refractivity (Wildman–Crippen MR) is 80.2 cm³/mol. The van der Waals surface area contributed by atoms with E-state index in [2.05, 4.69) is 26.6 Å². The number of carbonyl (C=O) groups is 1. The zero-order valence-corrected chi connectivity index (χ0v) is 12.8. The van der Waals surface area contributed by atoms with Gasteiger partial charge in [-0.1, -0.05) is 0 Å². The Morgan fingerprint density at radius 3 is 2.95 bits per heavy atom. The molecule has 2 rings (SSSR count). The summed E-state index contributed by atoms with van der Waals surface area (Å²) in [5.41, 5.74) is 0.505. The molecule has 1 heterocycles. The van der Waals surface area contributed by atoms with Gasteiger partial charge in [0.25, 0.3) is 0 Å². The van der Waals surface area contributed by atoms with Gasteiger partial charge in [0.15, 0.2) is 0 Å². The van der Waals surface area contributed by atoms with Crippen LogP contribution in [0.15, 0.2) is 22.7 Å². The topological polar surface area (TPSA) is 41.1 Å². The van der Waals surface area contributed by atoms with Gasteiger partial charge in [0.2, 0.25) is 5.91 Å². The van der Waals surface area contributed by atoms with Crippen LogP contribution >= 0.6 is 28.3 Å². The second-order valence-corrected chi connectivity index (χ2v) is 5.43. The van der Waals surface area contributed by atoms with Crippen LogP contribution in [0.25, 0.3) is 0 Å². The van der Waals surface area contributed by atoms with Crippen molar-refractivity contribution in [1.29, 1.82) is 0 Å². The maximum atomic E-state index is 13.3. The molecular weight excluding hydrogens is 335 g/mol. The SMILES string of the molecule is Cl.O=C(CCC1CCNC1)Nc1ccc(Br)c(F)c1. The van der Waals surface area contributed by atoms with Gasteiger partial charge in [-0.05, 0) is 66.0 Å². The molecule has 0 spiro atoms. The van der Waals surface area contributed by atoms with Gasteiger partial charge in [-0.25, -0.2) is 4.39 Å². The predicted octanol–water partition coefficient (Wildman–Crippen LogP) is 3.34. The normalized spacial score (nSPS) is 17.9. The molecule has 1 unspecified atom stereocenters. The lowest BCUT2D eigenvalue weighted by molar-refractivity contribution is -0.116. The number of hydrogen-bond acceptors (Lipinski definition) is 2. The lowest BCUT2D eigenvalue weighted by atomic mass is 10.0. The molecule has 1 aromatic carbocycles. The second-order valence-electron chi connectivity index (χ2n) is 4.57. The number of benzene rings is 1. The average Bonchev–Trinajstić information content (AvgIpc) is 2.84. The number of hydrogen-bond donors (Lipinski definition) is 2. The van der Waals surface area contributed by atoms with Gasteiger partial charge in [0.05, 0.1) is 4.47 Å². The molecule has 0 bridgehead atoms. The van der Waals surface area contributed by atoms with Crippen molar-refractivity contribution in [3.8, 4) is 0 Å². The van der Waals surface area contributed by atoms with E-state index in [0.717, 1.165) is 25.9 Å². The summed E-state index contributed by atoms with van der Waals surface area (Å²) in [6.07, 6.45) is 2.52. The minimum atomic E-state index is -0.368. The Labute approximate surface area is 126 Å². The molecule has 1 aromatic rings. The van der Waals surface area contributed by atoms with E-state index in [1.165, 1.54) is 6.07 Å². The standard InChI is InChI=1S/C13H16BrFN2O.ClH/c14-11-3-2-10(7-12(11)15)17-13(18)4-1-9-5-6-16-8-9;/h2-3,7,9,16H,1,4-6,8H2,(H,17,18);1H. The summed E-state index contributed by atoms with van der Waals surface area (Å²) in [6, 6.07) is 4.59. The number of halogens is 3. The molecule has 1 fully saturated rings. The lowest BCUT2D eigenvalue weighted by Gasteiger charge is -2.09. The molecule has 1 aliphatic rings. The molecular formula is C13H17BrClFN2O. The van der Waals surface area contributed by atoms with Crippen molar-refractivity contribution >= 4 is 39.9 Å². The number of nitrogens with one attached hydrogen (secondary N) is 2. The summed E-state index contributed by atoms with van der Waals surface area (Å²) in [6.45, 7) is 2.05. The number of anilines is 1. The van der Waals surface area contributed by atoms with Crippen molar-refractivity contribution in [2.24, 2.45) is 5.92 Å². The fourth-order valence-corrected chi connectivity index (χ4v) is 2.34. The molecule has 0 radical (unpaired) electrons. The van der Waals surface area contributed by atoms with E-state index in [1.54, 1.807) is 12.1 Å². The van der Waals surface area contributed by atoms with Crippen LogP contribution in [0, 0.1) is 11.7 Å².